The van der Waals surface area contributed by atoms with Gasteiger partial charge in [0.25, 0.3) is 11.6 Å². The molecule has 0 fully saturated rings. The van der Waals surface area contributed by atoms with Crippen LogP contribution in [0.2, 0.25) is 5.02 Å². The highest BCUT2D eigenvalue weighted by Crippen LogP contribution is 2.23. The first-order chi connectivity index (χ1) is 12.2. The molecule has 0 bridgehead atoms. The standard InChI is InChI=1S/C15H9ClIN3O5S/c16-11-6-8(20(24)25)2-3-9(11)13(21)19-15(26)18-12-4-1-7(17)5-10(12)14(22)23/h1-6H,(H,22,23)(H2,18,19,21,26). The van der Waals surface area contributed by atoms with Gasteiger partial charge < -0.3 is 10.4 Å². The van der Waals surface area contributed by atoms with Crippen molar-refractivity contribution in [2.45, 2.75) is 0 Å². The number of nitro benzene ring substituents is 1. The van der Waals surface area contributed by atoms with Crippen molar-refractivity contribution >= 4 is 74.8 Å². The van der Waals surface area contributed by atoms with E-state index in [4.69, 9.17) is 23.8 Å². The lowest BCUT2D eigenvalue weighted by Crippen LogP contribution is -2.34. The van der Waals surface area contributed by atoms with E-state index in [1.165, 1.54) is 18.2 Å². The van der Waals surface area contributed by atoms with E-state index < -0.39 is 16.8 Å². The van der Waals surface area contributed by atoms with Gasteiger partial charge in [-0.25, -0.2) is 4.79 Å². The van der Waals surface area contributed by atoms with Crippen molar-refractivity contribution in [3.63, 3.8) is 0 Å². The van der Waals surface area contributed by atoms with E-state index in [0.717, 1.165) is 15.7 Å². The first-order valence-electron chi connectivity index (χ1n) is 6.78. The Hall–Kier alpha value is -2.31. The van der Waals surface area contributed by atoms with Gasteiger partial charge in [-0.05, 0) is 59.1 Å². The highest BCUT2D eigenvalue weighted by atomic mass is 127. The van der Waals surface area contributed by atoms with Crippen LogP contribution in [-0.4, -0.2) is 27.0 Å². The number of anilines is 1. The monoisotopic (exact) mass is 505 g/mol. The van der Waals surface area contributed by atoms with Crippen LogP contribution in [0, 0.1) is 13.7 Å². The highest BCUT2D eigenvalue weighted by molar-refractivity contribution is 14.1. The number of rotatable bonds is 4. The number of amides is 1. The fourth-order valence-electron chi connectivity index (χ4n) is 1.93. The lowest BCUT2D eigenvalue weighted by atomic mass is 10.2. The number of halogens is 2. The summed E-state index contributed by atoms with van der Waals surface area (Å²) in [6, 6.07) is 8.03. The molecule has 2 rings (SSSR count). The van der Waals surface area contributed by atoms with E-state index in [0.29, 0.717) is 0 Å². The van der Waals surface area contributed by atoms with Crippen molar-refractivity contribution in [1.29, 1.82) is 0 Å². The Bertz CT molecular complexity index is 937. The summed E-state index contributed by atoms with van der Waals surface area (Å²) < 4.78 is 0.721. The maximum absolute atomic E-state index is 12.2. The predicted octanol–water partition coefficient (Wildman–Crippen LogP) is 3.68. The molecule has 8 nitrogen and oxygen atoms in total. The largest absolute Gasteiger partial charge is 0.478 e. The van der Waals surface area contributed by atoms with Crippen LogP contribution in [0.3, 0.4) is 0 Å². The molecule has 0 spiro atoms. The molecule has 134 valence electrons. The average molecular weight is 506 g/mol. The highest BCUT2D eigenvalue weighted by Gasteiger charge is 2.17. The minimum Gasteiger partial charge on any atom is -0.478 e. The lowest BCUT2D eigenvalue weighted by molar-refractivity contribution is -0.384. The smallest absolute Gasteiger partial charge is 0.337 e. The normalized spacial score (nSPS) is 10.1. The lowest BCUT2D eigenvalue weighted by Gasteiger charge is -2.12. The molecule has 0 unspecified atom stereocenters. The van der Waals surface area contributed by atoms with E-state index in [9.17, 15) is 24.8 Å². The molecule has 0 aliphatic rings. The predicted molar refractivity (Wildman–Crippen MR) is 108 cm³/mol. The maximum atomic E-state index is 12.2. The molecule has 0 saturated heterocycles. The molecule has 2 aromatic carbocycles. The fourth-order valence-corrected chi connectivity index (χ4v) is 2.88. The summed E-state index contributed by atoms with van der Waals surface area (Å²) in [4.78, 5) is 33.6. The van der Waals surface area contributed by atoms with Crippen molar-refractivity contribution in [2.24, 2.45) is 0 Å². The number of nitro groups is 1. The van der Waals surface area contributed by atoms with Gasteiger partial charge in [0.1, 0.15) is 0 Å². The Morgan fingerprint density at radius 1 is 1.19 bits per heavy atom. The number of carboxylic acids is 1. The number of aromatic carboxylic acids is 1. The summed E-state index contributed by atoms with van der Waals surface area (Å²) in [5, 5.41) is 24.6. The average Bonchev–Trinajstić information content (AvgIpc) is 2.55. The second-order valence-corrected chi connectivity index (χ2v) is 6.89. The fraction of sp³-hybridized carbons (Fsp3) is 0. The Kier molecular flexibility index (Phi) is 6.45. The number of carbonyl (C=O) groups excluding carboxylic acids is 1. The molecule has 26 heavy (non-hydrogen) atoms. The third-order valence-corrected chi connectivity index (χ3v) is 4.28. The van der Waals surface area contributed by atoms with Crippen LogP contribution < -0.4 is 10.6 Å². The number of nitrogens with zero attached hydrogens (tertiary/aromatic N) is 1. The topological polar surface area (TPSA) is 122 Å². The van der Waals surface area contributed by atoms with Crippen molar-refractivity contribution in [3.8, 4) is 0 Å². The summed E-state index contributed by atoms with van der Waals surface area (Å²) in [6.07, 6.45) is 0. The van der Waals surface area contributed by atoms with Crippen LogP contribution in [-0.2, 0) is 0 Å². The Morgan fingerprint density at radius 3 is 2.46 bits per heavy atom. The molecule has 0 radical (unpaired) electrons. The van der Waals surface area contributed by atoms with E-state index in [-0.39, 0.29) is 32.6 Å². The third kappa shape index (κ3) is 4.86. The van der Waals surface area contributed by atoms with Crippen LogP contribution in [0.4, 0.5) is 11.4 Å². The van der Waals surface area contributed by atoms with Crippen molar-refractivity contribution in [3.05, 3.63) is 66.2 Å². The van der Waals surface area contributed by atoms with Gasteiger partial charge in [0.05, 0.1) is 26.8 Å². The minimum atomic E-state index is -1.15. The molecule has 0 aliphatic heterocycles. The first-order valence-corrected chi connectivity index (χ1v) is 8.64. The Labute approximate surface area is 170 Å². The van der Waals surface area contributed by atoms with Gasteiger partial charge in [-0.1, -0.05) is 11.6 Å². The third-order valence-electron chi connectivity index (χ3n) is 3.10. The van der Waals surface area contributed by atoms with Crippen LogP contribution >= 0.6 is 46.4 Å². The summed E-state index contributed by atoms with van der Waals surface area (Å²) in [5.74, 6) is -1.84. The van der Waals surface area contributed by atoms with Gasteiger partial charge in [-0.2, -0.15) is 0 Å². The maximum Gasteiger partial charge on any atom is 0.337 e. The van der Waals surface area contributed by atoms with Crippen LogP contribution in [0.25, 0.3) is 0 Å². The molecule has 2 aromatic rings. The first kappa shape index (κ1) is 20.0. The second kappa shape index (κ2) is 8.38. The minimum absolute atomic E-state index is 0.0116. The molecular weight excluding hydrogens is 497 g/mol. The van der Waals surface area contributed by atoms with Crippen LogP contribution in [0.5, 0.6) is 0 Å². The quantitative estimate of drug-likeness (QED) is 0.251. The van der Waals surface area contributed by atoms with Gasteiger partial charge in [-0.15, -0.1) is 0 Å². The van der Waals surface area contributed by atoms with Crippen molar-refractivity contribution < 1.29 is 19.6 Å². The molecule has 0 aromatic heterocycles. The van der Waals surface area contributed by atoms with E-state index in [1.807, 2.05) is 22.6 Å². The molecule has 0 atom stereocenters. The van der Waals surface area contributed by atoms with E-state index in [2.05, 4.69) is 10.6 Å². The number of carboxylic acid groups (broad SMARTS) is 1. The molecule has 1 amide bonds. The molecule has 3 N–H and O–H groups in total. The van der Waals surface area contributed by atoms with E-state index >= 15 is 0 Å². The zero-order valence-corrected chi connectivity index (χ0v) is 16.4. The number of non-ortho nitro benzene ring substituents is 1. The van der Waals surface area contributed by atoms with Crippen molar-refractivity contribution in [2.75, 3.05) is 5.32 Å². The molecule has 11 heteroatoms. The number of nitrogens with one attached hydrogen (secondary N) is 2. The van der Waals surface area contributed by atoms with Crippen LogP contribution in [0.15, 0.2) is 36.4 Å². The Balaban J connectivity index is 2.15. The summed E-state index contributed by atoms with van der Waals surface area (Å²) in [6.45, 7) is 0. The second-order valence-electron chi connectivity index (χ2n) is 4.82. The van der Waals surface area contributed by atoms with Gasteiger partial charge in [-0.3, -0.25) is 20.2 Å². The molecule has 0 heterocycles. The number of benzene rings is 2. The number of hydrogen-bond donors (Lipinski definition) is 3. The molecule has 0 saturated carbocycles. The zero-order chi connectivity index (χ0) is 19.4. The summed E-state index contributed by atoms with van der Waals surface area (Å²) in [7, 11) is 0. The number of thiocarbonyl (C=S) groups is 1. The summed E-state index contributed by atoms with van der Waals surface area (Å²) in [5.41, 5.74) is -0.0698. The van der Waals surface area contributed by atoms with Gasteiger partial charge in [0, 0.05) is 15.7 Å². The SMILES string of the molecule is O=C(NC(=S)Nc1ccc(I)cc1C(=O)O)c1ccc([N+](=O)[O-])cc1Cl. The molecular formula is C15H9ClIN3O5S. The number of carbonyl (C=O) groups is 2. The number of hydrogen-bond acceptors (Lipinski definition) is 5. The van der Waals surface area contributed by atoms with Gasteiger partial charge in [0.15, 0.2) is 5.11 Å². The molecule has 0 aliphatic carbocycles. The van der Waals surface area contributed by atoms with E-state index in [1.54, 1.807) is 6.07 Å². The Morgan fingerprint density at radius 2 is 1.88 bits per heavy atom. The van der Waals surface area contributed by atoms with Gasteiger partial charge >= 0.3 is 5.97 Å². The van der Waals surface area contributed by atoms with Crippen LogP contribution in [0.1, 0.15) is 20.7 Å². The van der Waals surface area contributed by atoms with Gasteiger partial charge in [0.2, 0.25) is 0 Å². The zero-order valence-electron chi connectivity index (χ0n) is 12.7. The summed E-state index contributed by atoms with van der Waals surface area (Å²) >= 11 is 12.9. The van der Waals surface area contributed by atoms with Crippen molar-refractivity contribution in [1.82, 2.24) is 5.32 Å².